The van der Waals surface area contributed by atoms with E-state index in [1.165, 1.54) is 24.9 Å². The number of aromatic nitrogens is 2. The normalized spacial score (nSPS) is 10.0. The van der Waals surface area contributed by atoms with E-state index in [4.69, 9.17) is 0 Å². The van der Waals surface area contributed by atoms with Crippen molar-refractivity contribution in [3.8, 4) is 0 Å². The van der Waals surface area contributed by atoms with E-state index in [0.29, 0.717) is 5.69 Å². The van der Waals surface area contributed by atoms with Gasteiger partial charge >= 0.3 is 11.7 Å². The third-order valence-electron chi connectivity index (χ3n) is 2.34. The molecule has 0 spiro atoms. The first-order valence-electron chi connectivity index (χ1n) is 5.46. The van der Waals surface area contributed by atoms with Crippen molar-refractivity contribution in [2.24, 2.45) is 0 Å². The third kappa shape index (κ3) is 4.37. The van der Waals surface area contributed by atoms with Crippen LogP contribution in [0.15, 0.2) is 6.20 Å². The fourth-order valence-corrected chi connectivity index (χ4v) is 1.35. The number of carbonyl (C=O) groups is 2. The summed E-state index contributed by atoms with van der Waals surface area (Å²) in [6.45, 7) is 1.52. The Bertz CT molecular complexity index is 496. The molecule has 9 heteroatoms. The lowest BCUT2D eigenvalue weighted by molar-refractivity contribution is -0.385. The molecule has 0 saturated carbocycles. The number of carbonyl (C=O) groups excluding carboxylic acids is 2. The quantitative estimate of drug-likeness (QED) is 0.434. The molecule has 0 saturated heterocycles. The molecule has 1 aromatic heterocycles. The van der Waals surface area contributed by atoms with E-state index in [2.05, 4.69) is 15.2 Å². The summed E-state index contributed by atoms with van der Waals surface area (Å²) >= 11 is 0. The van der Waals surface area contributed by atoms with Crippen molar-refractivity contribution in [3.05, 3.63) is 22.0 Å². The number of ether oxygens (including phenoxy) is 1. The lowest BCUT2D eigenvalue weighted by Gasteiger charge is -2.03. The zero-order valence-corrected chi connectivity index (χ0v) is 10.6. The summed E-state index contributed by atoms with van der Waals surface area (Å²) in [6.07, 6.45) is 1.33. The van der Waals surface area contributed by atoms with Gasteiger partial charge in [-0.25, -0.2) is 0 Å². The topological polar surface area (TPSA) is 116 Å². The molecule has 0 fully saturated rings. The van der Waals surface area contributed by atoms with Gasteiger partial charge in [-0.2, -0.15) is 5.10 Å². The van der Waals surface area contributed by atoms with Crippen LogP contribution in [0.4, 0.5) is 5.69 Å². The number of amides is 1. The summed E-state index contributed by atoms with van der Waals surface area (Å²) in [4.78, 5) is 32.2. The van der Waals surface area contributed by atoms with Crippen molar-refractivity contribution < 1.29 is 19.2 Å². The monoisotopic (exact) mass is 270 g/mol. The van der Waals surface area contributed by atoms with Crippen LogP contribution in [0.2, 0.25) is 0 Å². The predicted octanol–water partition coefficient (Wildman–Crippen LogP) is -0.221. The Morgan fingerprint density at radius 1 is 1.58 bits per heavy atom. The van der Waals surface area contributed by atoms with Crippen LogP contribution in [-0.2, 0) is 20.9 Å². The van der Waals surface area contributed by atoms with Gasteiger partial charge in [0, 0.05) is 13.0 Å². The van der Waals surface area contributed by atoms with Crippen LogP contribution in [0.25, 0.3) is 0 Å². The summed E-state index contributed by atoms with van der Waals surface area (Å²) < 4.78 is 5.69. The van der Waals surface area contributed by atoms with Gasteiger partial charge in [0.05, 0.1) is 12.0 Å². The Kier molecular flexibility index (Phi) is 4.98. The van der Waals surface area contributed by atoms with Gasteiger partial charge in [0.25, 0.3) is 0 Å². The summed E-state index contributed by atoms with van der Waals surface area (Å²) in [5.41, 5.74) is 0.204. The van der Waals surface area contributed by atoms with Crippen LogP contribution >= 0.6 is 0 Å². The van der Waals surface area contributed by atoms with Crippen LogP contribution in [0.1, 0.15) is 12.1 Å². The average Bonchev–Trinajstić information content (AvgIpc) is 2.74. The number of nitro groups is 1. The SMILES string of the molecule is COC(=O)CNC(=O)CCn1cc([N+](=O)[O-])c(C)n1. The Morgan fingerprint density at radius 3 is 2.79 bits per heavy atom. The molecule has 9 nitrogen and oxygen atoms in total. The van der Waals surface area contributed by atoms with Gasteiger partial charge in [0.1, 0.15) is 18.4 Å². The maximum Gasteiger partial charge on any atom is 0.325 e. The number of hydrogen-bond acceptors (Lipinski definition) is 6. The standard InChI is InChI=1S/C10H14N4O5/c1-7-8(14(17)18)6-13(12-7)4-3-9(15)11-5-10(16)19-2/h6H,3-5H2,1-2H3,(H,11,15). The second kappa shape index (κ2) is 6.47. The summed E-state index contributed by atoms with van der Waals surface area (Å²) in [6, 6.07) is 0. The lowest BCUT2D eigenvalue weighted by atomic mass is 10.4. The third-order valence-corrected chi connectivity index (χ3v) is 2.34. The Hall–Kier alpha value is -2.45. The van der Waals surface area contributed by atoms with E-state index >= 15 is 0 Å². The molecular formula is C10H14N4O5. The number of nitrogens with one attached hydrogen (secondary N) is 1. The zero-order valence-electron chi connectivity index (χ0n) is 10.6. The largest absolute Gasteiger partial charge is 0.468 e. The van der Waals surface area contributed by atoms with Crippen LogP contribution in [-0.4, -0.2) is 40.2 Å². The van der Waals surface area contributed by atoms with Gasteiger partial charge in [-0.15, -0.1) is 0 Å². The minimum absolute atomic E-state index is 0.0648. The average molecular weight is 270 g/mol. The highest BCUT2D eigenvalue weighted by Gasteiger charge is 2.15. The minimum atomic E-state index is -0.543. The minimum Gasteiger partial charge on any atom is -0.468 e. The summed E-state index contributed by atoms with van der Waals surface area (Å²) in [7, 11) is 1.22. The van der Waals surface area contributed by atoms with Crippen molar-refractivity contribution in [3.63, 3.8) is 0 Å². The Morgan fingerprint density at radius 2 is 2.26 bits per heavy atom. The molecule has 0 aliphatic heterocycles. The molecule has 1 amide bonds. The molecule has 0 atom stereocenters. The molecule has 0 unspecified atom stereocenters. The lowest BCUT2D eigenvalue weighted by Crippen LogP contribution is -2.30. The first-order chi connectivity index (χ1) is 8.93. The van der Waals surface area contributed by atoms with Gasteiger partial charge in [-0.3, -0.25) is 24.4 Å². The van der Waals surface area contributed by atoms with Crippen molar-refractivity contribution >= 4 is 17.6 Å². The van der Waals surface area contributed by atoms with Gasteiger partial charge in [-0.05, 0) is 6.92 Å². The van der Waals surface area contributed by atoms with Crippen LogP contribution in [0.3, 0.4) is 0 Å². The highest BCUT2D eigenvalue weighted by atomic mass is 16.6. The fraction of sp³-hybridized carbons (Fsp3) is 0.500. The van der Waals surface area contributed by atoms with Crippen molar-refractivity contribution in [1.29, 1.82) is 0 Å². The summed E-state index contributed by atoms with van der Waals surface area (Å²) in [5, 5.41) is 16.9. The van der Waals surface area contributed by atoms with Gasteiger partial charge < -0.3 is 10.1 Å². The molecule has 0 aliphatic rings. The second-order valence-electron chi connectivity index (χ2n) is 3.72. The number of hydrogen-bond donors (Lipinski definition) is 1. The molecule has 0 aromatic carbocycles. The smallest absolute Gasteiger partial charge is 0.325 e. The second-order valence-corrected chi connectivity index (χ2v) is 3.72. The number of aryl methyl sites for hydroxylation is 2. The highest BCUT2D eigenvalue weighted by molar-refractivity contribution is 5.81. The first-order valence-corrected chi connectivity index (χ1v) is 5.46. The van der Waals surface area contributed by atoms with E-state index < -0.39 is 10.9 Å². The van der Waals surface area contributed by atoms with Crippen LogP contribution < -0.4 is 5.32 Å². The molecule has 104 valence electrons. The fourth-order valence-electron chi connectivity index (χ4n) is 1.35. The van der Waals surface area contributed by atoms with Gasteiger partial charge in [0.2, 0.25) is 5.91 Å². The Labute approximate surface area is 108 Å². The van der Waals surface area contributed by atoms with Crippen LogP contribution in [0.5, 0.6) is 0 Å². The maximum absolute atomic E-state index is 11.4. The summed E-state index contributed by atoms with van der Waals surface area (Å²) in [5.74, 6) is -0.903. The van der Waals surface area contributed by atoms with Crippen LogP contribution in [0, 0.1) is 17.0 Å². The number of methoxy groups -OCH3 is 1. The number of nitrogens with zero attached hydrogens (tertiary/aromatic N) is 3. The van der Waals surface area contributed by atoms with Gasteiger partial charge in [0.15, 0.2) is 0 Å². The number of rotatable bonds is 6. The maximum atomic E-state index is 11.4. The molecule has 1 aromatic rings. The first kappa shape index (κ1) is 14.6. The van der Waals surface area contributed by atoms with E-state index in [1.807, 2.05) is 0 Å². The molecule has 0 radical (unpaired) electrons. The Balaban J connectivity index is 2.44. The predicted molar refractivity (Wildman–Crippen MR) is 63.3 cm³/mol. The van der Waals surface area contributed by atoms with E-state index in [0.717, 1.165) is 0 Å². The molecule has 1 N–H and O–H groups in total. The molecule has 1 heterocycles. The molecule has 0 bridgehead atoms. The molecule has 0 aliphatic carbocycles. The molecular weight excluding hydrogens is 256 g/mol. The zero-order chi connectivity index (χ0) is 14.4. The highest BCUT2D eigenvalue weighted by Crippen LogP contribution is 2.14. The molecule has 19 heavy (non-hydrogen) atoms. The van der Waals surface area contributed by atoms with Gasteiger partial charge in [-0.1, -0.05) is 0 Å². The van der Waals surface area contributed by atoms with E-state index in [9.17, 15) is 19.7 Å². The van der Waals surface area contributed by atoms with E-state index in [-0.39, 0.29) is 31.1 Å². The molecule has 1 rings (SSSR count). The van der Waals surface area contributed by atoms with Crippen molar-refractivity contribution in [2.45, 2.75) is 19.9 Å². The van der Waals surface area contributed by atoms with Crippen molar-refractivity contribution in [1.82, 2.24) is 15.1 Å². The number of esters is 1. The van der Waals surface area contributed by atoms with Crippen molar-refractivity contribution in [2.75, 3.05) is 13.7 Å². The van der Waals surface area contributed by atoms with E-state index in [1.54, 1.807) is 0 Å².